The normalized spacial score (nSPS) is 30.5. The molecule has 4 aliphatic rings. The zero-order chi connectivity index (χ0) is 28.3. The summed E-state index contributed by atoms with van der Waals surface area (Å²) in [5, 5.41) is 9.25. The first kappa shape index (κ1) is 28.4. The van der Waals surface area contributed by atoms with Crippen molar-refractivity contribution in [1.29, 1.82) is 0 Å². The van der Waals surface area contributed by atoms with Crippen molar-refractivity contribution in [2.24, 2.45) is 11.8 Å². The number of nitrogens with zero attached hydrogens (tertiary/aromatic N) is 3. The molecule has 2 amide bonds. The van der Waals surface area contributed by atoms with Crippen LogP contribution in [0.1, 0.15) is 46.0 Å². The Balaban J connectivity index is 1.52. The Morgan fingerprint density at radius 2 is 1.80 bits per heavy atom. The van der Waals surface area contributed by atoms with Gasteiger partial charge in [0, 0.05) is 44.2 Å². The van der Waals surface area contributed by atoms with Crippen molar-refractivity contribution in [2.45, 2.75) is 63.7 Å². The van der Waals surface area contributed by atoms with E-state index < -0.39 is 35.6 Å². The topological polar surface area (TPSA) is 99.6 Å². The molecule has 0 aromatic heterocycles. The minimum absolute atomic E-state index is 0.0773. The Kier molecular flexibility index (Phi) is 8.61. The van der Waals surface area contributed by atoms with Crippen molar-refractivity contribution in [1.82, 2.24) is 4.90 Å². The van der Waals surface area contributed by atoms with Crippen molar-refractivity contribution in [3.05, 3.63) is 48.6 Å². The fourth-order valence-electron chi connectivity index (χ4n) is 6.73. The minimum Gasteiger partial charge on any atom is -0.465 e. The van der Waals surface area contributed by atoms with Crippen LogP contribution in [0.4, 0.5) is 11.4 Å². The van der Waals surface area contributed by atoms with Gasteiger partial charge in [-0.05, 0) is 70.2 Å². The molecule has 4 heterocycles. The molecule has 1 aromatic rings. The van der Waals surface area contributed by atoms with Gasteiger partial charge in [0.1, 0.15) is 17.6 Å². The van der Waals surface area contributed by atoms with E-state index in [0.717, 1.165) is 37.3 Å². The quantitative estimate of drug-likeness (QED) is 0.286. The summed E-state index contributed by atoms with van der Waals surface area (Å²) in [7, 11) is 0. The predicted octanol–water partition coefficient (Wildman–Crippen LogP) is 3.07. The molecular formula is C31H41N3O6. The van der Waals surface area contributed by atoms with Crippen molar-refractivity contribution < 1.29 is 29.0 Å². The molecular weight excluding hydrogens is 510 g/mol. The second-order valence-corrected chi connectivity index (χ2v) is 10.9. The average Bonchev–Trinajstić information content (AvgIpc) is 3.37. The number of aliphatic hydroxyl groups is 1. The molecule has 0 radical (unpaired) electrons. The highest BCUT2D eigenvalue weighted by Gasteiger charge is 2.71. The molecule has 0 bridgehead atoms. The van der Waals surface area contributed by atoms with E-state index in [9.17, 15) is 19.5 Å². The molecule has 5 rings (SSSR count). The number of benzene rings is 1. The van der Waals surface area contributed by atoms with Crippen LogP contribution in [-0.4, -0.2) is 84.9 Å². The van der Waals surface area contributed by atoms with Gasteiger partial charge in [0.05, 0.1) is 18.6 Å². The summed E-state index contributed by atoms with van der Waals surface area (Å²) >= 11 is 0. The zero-order valence-electron chi connectivity index (χ0n) is 23.5. The van der Waals surface area contributed by atoms with E-state index in [2.05, 4.69) is 18.7 Å². The number of rotatable bonds is 9. The summed E-state index contributed by atoms with van der Waals surface area (Å²) in [4.78, 5) is 47.5. The molecule has 1 spiro atoms. The summed E-state index contributed by atoms with van der Waals surface area (Å²) in [6.45, 7) is 7.04. The van der Waals surface area contributed by atoms with Gasteiger partial charge in [-0.2, -0.15) is 0 Å². The Bertz CT molecular complexity index is 1150. The Morgan fingerprint density at radius 1 is 1.02 bits per heavy atom. The molecule has 9 heteroatoms. The lowest BCUT2D eigenvalue weighted by atomic mass is 9.78. The summed E-state index contributed by atoms with van der Waals surface area (Å²) in [6.07, 6.45) is 10.4. The molecule has 2 fully saturated rings. The minimum atomic E-state index is -1.26. The lowest BCUT2D eigenvalue weighted by Crippen LogP contribution is -2.55. The Labute approximate surface area is 236 Å². The molecule has 216 valence electrons. The van der Waals surface area contributed by atoms with Crippen LogP contribution < -0.4 is 9.80 Å². The molecule has 4 aliphatic heterocycles. The first-order chi connectivity index (χ1) is 19.5. The number of allylic oxidation sites excluding steroid dienone is 1. The van der Waals surface area contributed by atoms with Gasteiger partial charge in [-0.1, -0.05) is 24.3 Å². The average molecular weight is 552 g/mol. The number of esters is 1. The van der Waals surface area contributed by atoms with E-state index in [1.165, 1.54) is 0 Å². The third-order valence-corrected chi connectivity index (χ3v) is 8.70. The highest BCUT2D eigenvalue weighted by atomic mass is 16.6. The Hall–Kier alpha value is -3.17. The zero-order valence-corrected chi connectivity index (χ0v) is 23.5. The molecule has 0 aliphatic carbocycles. The molecule has 1 aromatic carbocycles. The maximum Gasteiger partial charge on any atom is 0.312 e. The number of aliphatic hydroxyl groups excluding tert-OH is 1. The van der Waals surface area contributed by atoms with Crippen LogP contribution in [0.2, 0.25) is 0 Å². The number of fused-ring (bicyclic) bond motifs is 2. The number of cyclic esters (lactones) is 1. The van der Waals surface area contributed by atoms with Crippen LogP contribution in [0.3, 0.4) is 0 Å². The fraction of sp³-hybridized carbons (Fsp3) is 0.581. The molecule has 9 nitrogen and oxygen atoms in total. The number of hydrogen-bond acceptors (Lipinski definition) is 7. The van der Waals surface area contributed by atoms with Crippen LogP contribution in [0.5, 0.6) is 0 Å². The number of likely N-dealkylation sites (tertiary alicyclic amines) is 1. The van der Waals surface area contributed by atoms with E-state index in [4.69, 9.17) is 9.47 Å². The first-order valence-corrected chi connectivity index (χ1v) is 14.7. The summed E-state index contributed by atoms with van der Waals surface area (Å²) in [5.74, 6) is -2.57. The molecule has 1 N–H and O–H groups in total. The number of carbonyl (C=O) groups is 3. The van der Waals surface area contributed by atoms with Gasteiger partial charge in [0.25, 0.3) is 5.91 Å². The number of anilines is 2. The largest absolute Gasteiger partial charge is 0.465 e. The standard InChI is InChI=1S/C31H41N3O6/c1-3-32(4-2)22-13-15-23(16-14-22)33-19-11-17-31-26(25-24(40-31)12-7-5-10-21-39-30(25)38)28(36)34(27(31)29(33)37)18-8-6-9-20-35/h7,11-17,24-27,35H,3-6,8-10,18-21H2,1-2H3/b12-7-/t24-,25+,26+,27?,31+/m1/s1. The SMILES string of the molecule is CCN(CC)c1ccc(N2CC=C[C@]34O[C@@H]5/C=C\CCCOC(=O)[C@@H]5[C@H]3C(=O)N(CCCCCO)C4C2=O)cc1. The van der Waals surface area contributed by atoms with Crippen molar-refractivity contribution >= 4 is 29.2 Å². The van der Waals surface area contributed by atoms with E-state index in [-0.39, 0.29) is 18.4 Å². The van der Waals surface area contributed by atoms with Gasteiger partial charge >= 0.3 is 5.97 Å². The number of ether oxygens (including phenoxy) is 2. The maximum absolute atomic E-state index is 14.4. The number of hydrogen-bond donors (Lipinski definition) is 1. The van der Waals surface area contributed by atoms with Crippen molar-refractivity contribution in [2.75, 3.05) is 49.2 Å². The summed E-state index contributed by atoms with van der Waals surface area (Å²) in [5.41, 5.74) is 0.568. The fourth-order valence-corrected chi connectivity index (χ4v) is 6.73. The highest BCUT2D eigenvalue weighted by Crippen LogP contribution is 2.53. The molecule has 1 unspecified atom stereocenters. The predicted molar refractivity (Wildman–Crippen MR) is 152 cm³/mol. The van der Waals surface area contributed by atoms with Crippen molar-refractivity contribution in [3.8, 4) is 0 Å². The highest BCUT2D eigenvalue weighted by molar-refractivity contribution is 6.05. The number of unbranched alkanes of at least 4 members (excludes halogenated alkanes) is 2. The first-order valence-electron chi connectivity index (χ1n) is 14.7. The maximum atomic E-state index is 14.4. The van der Waals surface area contributed by atoms with Crippen molar-refractivity contribution in [3.63, 3.8) is 0 Å². The van der Waals surface area contributed by atoms with Gasteiger partial charge in [0.2, 0.25) is 5.91 Å². The van der Waals surface area contributed by atoms with Crippen LogP contribution in [0.15, 0.2) is 48.6 Å². The second kappa shape index (κ2) is 12.1. The van der Waals surface area contributed by atoms with Crippen LogP contribution in [0.25, 0.3) is 0 Å². The molecule has 40 heavy (non-hydrogen) atoms. The van der Waals surface area contributed by atoms with E-state index in [1.54, 1.807) is 9.80 Å². The molecule has 0 saturated carbocycles. The van der Waals surface area contributed by atoms with Gasteiger partial charge < -0.3 is 29.3 Å². The number of carbonyl (C=O) groups excluding carboxylic acids is 3. The van der Waals surface area contributed by atoms with Gasteiger partial charge in [-0.15, -0.1) is 0 Å². The smallest absolute Gasteiger partial charge is 0.312 e. The summed E-state index contributed by atoms with van der Waals surface area (Å²) in [6, 6.07) is 7.03. The van der Waals surface area contributed by atoms with E-state index in [0.29, 0.717) is 39.0 Å². The lowest BCUT2D eigenvalue weighted by molar-refractivity contribution is -0.154. The summed E-state index contributed by atoms with van der Waals surface area (Å²) < 4.78 is 12.2. The second-order valence-electron chi connectivity index (χ2n) is 10.9. The third-order valence-electron chi connectivity index (χ3n) is 8.70. The Morgan fingerprint density at radius 3 is 2.52 bits per heavy atom. The molecule has 5 atom stereocenters. The van der Waals surface area contributed by atoms with Gasteiger partial charge in [-0.3, -0.25) is 14.4 Å². The van der Waals surface area contributed by atoms with Crippen LogP contribution in [-0.2, 0) is 23.9 Å². The van der Waals surface area contributed by atoms with Gasteiger partial charge in [0.15, 0.2) is 0 Å². The number of amides is 2. The van der Waals surface area contributed by atoms with Crippen LogP contribution >= 0.6 is 0 Å². The molecule has 2 saturated heterocycles. The van der Waals surface area contributed by atoms with Gasteiger partial charge in [-0.25, -0.2) is 0 Å². The third kappa shape index (κ3) is 4.94. The van der Waals surface area contributed by atoms with E-state index >= 15 is 0 Å². The lowest BCUT2D eigenvalue weighted by Gasteiger charge is -2.35. The van der Waals surface area contributed by atoms with Crippen LogP contribution in [0, 0.1) is 11.8 Å². The van der Waals surface area contributed by atoms with E-state index in [1.807, 2.05) is 48.6 Å². The monoisotopic (exact) mass is 551 g/mol.